The number of phenolic OH excluding ortho intramolecular Hbond substituents is 1. The van der Waals surface area contributed by atoms with Gasteiger partial charge >= 0.3 is 0 Å². The molecule has 0 bridgehead atoms. The number of hydrogen-bond acceptors (Lipinski definition) is 3. The molecule has 2 unspecified atom stereocenters. The van der Waals surface area contributed by atoms with Crippen molar-refractivity contribution >= 4 is 33.4 Å². The smallest absolute Gasteiger partial charge is 0.255 e. The Morgan fingerprint density at radius 2 is 2.03 bits per heavy atom. The van der Waals surface area contributed by atoms with E-state index in [1.807, 2.05) is 0 Å². The fourth-order valence-electron chi connectivity index (χ4n) is 7.02. The third-order valence-electron chi connectivity index (χ3n) is 8.86. The van der Waals surface area contributed by atoms with Gasteiger partial charge in [-0.3, -0.25) is 4.79 Å². The van der Waals surface area contributed by atoms with E-state index in [0.717, 1.165) is 42.6 Å². The Balaban J connectivity index is 1.74. The minimum atomic E-state index is -0.381. The Morgan fingerprint density at radius 3 is 2.76 bits per heavy atom. The molecule has 2 fully saturated rings. The quantitative estimate of drug-likeness (QED) is 0.502. The maximum Gasteiger partial charge on any atom is 0.255 e. The van der Waals surface area contributed by atoms with Crippen LogP contribution in [0.1, 0.15) is 68.4 Å². The lowest BCUT2D eigenvalue weighted by molar-refractivity contribution is -0.207. The Kier molecular flexibility index (Phi) is 4.18. The molecule has 5 rings (SSSR count). The molecule has 0 saturated heterocycles. The molecule has 1 amide bonds. The molecular weight excluding hydrogens is 454 g/mol. The van der Waals surface area contributed by atoms with Crippen molar-refractivity contribution in [3.8, 4) is 11.5 Å². The van der Waals surface area contributed by atoms with Crippen molar-refractivity contribution in [3.63, 3.8) is 0 Å². The highest BCUT2D eigenvalue weighted by Gasteiger charge is 2.69. The topological polar surface area (TPSA) is 58.6 Å². The van der Waals surface area contributed by atoms with E-state index in [1.54, 1.807) is 6.07 Å². The molecule has 4 nitrogen and oxygen atoms in total. The van der Waals surface area contributed by atoms with Crippen LogP contribution in [0, 0.1) is 22.7 Å². The molecule has 4 aliphatic rings. The standard InChI is InChI=1S/C23H29BrClNO3/c1-11-5-6-16-21(2,3)19(24)14(25)9-23(16)22(11,4)8-12-7-15(27)17-13(18(12)29-23)10-26-20(17)28/h7,11,14,16,19,27H,5-6,8-10H2,1-4H3,(H,26,28)/t11-,14?,16-,19?,22+,23-/m0/s1. The highest BCUT2D eigenvalue weighted by atomic mass is 79.9. The van der Waals surface area contributed by atoms with Crippen molar-refractivity contribution in [1.29, 1.82) is 0 Å². The molecule has 0 aromatic heterocycles. The van der Waals surface area contributed by atoms with Crippen LogP contribution in [0.15, 0.2) is 6.07 Å². The first-order chi connectivity index (χ1) is 13.5. The second-order valence-electron chi connectivity index (χ2n) is 10.5. The number of amides is 1. The molecule has 1 aromatic carbocycles. The van der Waals surface area contributed by atoms with Crippen molar-refractivity contribution in [3.05, 3.63) is 22.8 Å². The number of aromatic hydroxyl groups is 1. The predicted molar refractivity (Wildman–Crippen MR) is 117 cm³/mol. The summed E-state index contributed by atoms with van der Waals surface area (Å²) in [5.41, 5.74) is 1.72. The van der Waals surface area contributed by atoms with Crippen LogP contribution in [0.4, 0.5) is 0 Å². The number of phenols is 1. The van der Waals surface area contributed by atoms with Crippen LogP contribution in [0.2, 0.25) is 0 Å². The summed E-state index contributed by atoms with van der Waals surface area (Å²) in [5, 5.41) is 13.4. The van der Waals surface area contributed by atoms with E-state index in [0.29, 0.717) is 23.9 Å². The number of benzene rings is 1. The highest BCUT2D eigenvalue weighted by Crippen LogP contribution is 2.67. The molecule has 2 saturated carbocycles. The van der Waals surface area contributed by atoms with Gasteiger partial charge < -0.3 is 15.2 Å². The van der Waals surface area contributed by atoms with Crippen LogP contribution in [-0.4, -0.2) is 26.8 Å². The van der Waals surface area contributed by atoms with Crippen molar-refractivity contribution < 1.29 is 14.6 Å². The molecule has 1 spiro atoms. The van der Waals surface area contributed by atoms with Gasteiger partial charge in [0, 0.05) is 34.7 Å². The largest absolute Gasteiger partial charge is 0.507 e. The monoisotopic (exact) mass is 481 g/mol. The highest BCUT2D eigenvalue weighted by molar-refractivity contribution is 9.09. The van der Waals surface area contributed by atoms with E-state index in [2.05, 4.69) is 48.9 Å². The summed E-state index contributed by atoms with van der Waals surface area (Å²) in [5.74, 6) is 1.49. The molecule has 6 heteroatoms. The zero-order valence-electron chi connectivity index (χ0n) is 17.4. The second kappa shape index (κ2) is 6.06. The van der Waals surface area contributed by atoms with E-state index in [1.165, 1.54) is 0 Å². The predicted octanol–water partition coefficient (Wildman–Crippen LogP) is 5.16. The van der Waals surface area contributed by atoms with Crippen LogP contribution in [-0.2, 0) is 13.0 Å². The van der Waals surface area contributed by atoms with Gasteiger partial charge in [0.1, 0.15) is 17.1 Å². The molecule has 2 aliphatic carbocycles. The molecule has 6 atom stereocenters. The third kappa shape index (κ3) is 2.35. The Labute approximate surface area is 185 Å². The van der Waals surface area contributed by atoms with E-state index in [4.69, 9.17) is 16.3 Å². The number of ether oxygens (including phenoxy) is 1. The van der Waals surface area contributed by atoms with E-state index in [-0.39, 0.29) is 38.3 Å². The van der Waals surface area contributed by atoms with Crippen LogP contribution < -0.4 is 10.1 Å². The first-order valence-corrected chi connectivity index (χ1v) is 12.0. The summed E-state index contributed by atoms with van der Waals surface area (Å²) in [7, 11) is 0. The summed E-state index contributed by atoms with van der Waals surface area (Å²) in [4.78, 5) is 12.5. The van der Waals surface area contributed by atoms with Crippen LogP contribution in [0.3, 0.4) is 0 Å². The Bertz CT molecular complexity index is 918. The first kappa shape index (κ1) is 20.0. The molecule has 158 valence electrons. The van der Waals surface area contributed by atoms with Gasteiger partial charge in [0.05, 0.1) is 10.9 Å². The third-order valence-corrected chi connectivity index (χ3v) is 11.4. The number of carbonyl (C=O) groups is 1. The number of fused-ring (bicyclic) bond motifs is 3. The first-order valence-electron chi connectivity index (χ1n) is 10.7. The van der Waals surface area contributed by atoms with Gasteiger partial charge in [0.15, 0.2) is 0 Å². The number of hydrogen-bond donors (Lipinski definition) is 2. The van der Waals surface area contributed by atoms with Crippen LogP contribution >= 0.6 is 27.5 Å². The zero-order valence-corrected chi connectivity index (χ0v) is 19.8. The maximum atomic E-state index is 12.3. The van der Waals surface area contributed by atoms with Gasteiger partial charge in [-0.15, -0.1) is 11.6 Å². The summed E-state index contributed by atoms with van der Waals surface area (Å²) >= 11 is 10.9. The van der Waals surface area contributed by atoms with E-state index in [9.17, 15) is 9.90 Å². The fraction of sp³-hybridized carbons (Fsp3) is 0.696. The molecular formula is C23H29BrClNO3. The molecule has 2 heterocycles. The summed E-state index contributed by atoms with van der Waals surface area (Å²) < 4.78 is 7.09. The average Bonchev–Trinajstić information content (AvgIpc) is 3.03. The SMILES string of the molecule is C[C@H]1CC[C@H]2C(C)(C)C(Br)C(Cl)C[C@]23Oc2c(cc(O)c4c2CNC4=O)C[C@]13C. The van der Waals surface area contributed by atoms with Gasteiger partial charge in [-0.05, 0) is 42.2 Å². The van der Waals surface area contributed by atoms with Gasteiger partial charge in [0.25, 0.3) is 5.91 Å². The summed E-state index contributed by atoms with van der Waals surface area (Å²) in [6.45, 7) is 9.73. The summed E-state index contributed by atoms with van der Waals surface area (Å²) in [6, 6.07) is 1.76. The average molecular weight is 483 g/mol. The second-order valence-corrected chi connectivity index (χ2v) is 12.0. The molecule has 2 aliphatic heterocycles. The number of halogens is 2. The lowest BCUT2D eigenvalue weighted by Crippen LogP contribution is -2.71. The Hall–Kier alpha value is -0.940. The van der Waals surface area contributed by atoms with Gasteiger partial charge in [-0.2, -0.15) is 0 Å². The zero-order chi connectivity index (χ0) is 20.9. The normalized spacial score (nSPS) is 42.1. The van der Waals surface area contributed by atoms with E-state index >= 15 is 0 Å². The fourth-order valence-corrected chi connectivity index (χ4v) is 8.08. The van der Waals surface area contributed by atoms with E-state index < -0.39 is 0 Å². The van der Waals surface area contributed by atoms with Crippen molar-refractivity contribution in [2.24, 2.45) is 22.7 Å². The van der Waals surface area contributed by atoms with Crippen LogP contribution in [0.25, 0.3) is 0 Å². The lowest BCUT2D eigenvalue weighted by Gasteiger charge is -2.67. The molecule has 0 radical (unpaired) electrons. The van der Waals surface area contributed by atoms with Crippen molar-refractivity contribution in [2.45, 2.75) is 75.7 Å². The number of rotatable bonds is 0. The minimum absolute atomic E-state index is 0.0161. The Morgan fingerprint density at radius 1 is 1.31 bits per heavy atom. The molecule has 2 N–H and O–H groups in total. The van der Waals surface area contributed by atoms with Crippen molar-refractivity contribution in [2.75, 3.05) is 0 Å². The lowest BCUT2D eigenvalue weighted by atomic mass is 9.44. The number of nitrogens with one attached hydrogen (secondary N) is 1. The maximum absolute atomic E-state index is 12.3. The molecule has 29 heavy (non-hydrogen) atoms. The number of alkyl halides is 2. The van der Waals surface area contributed by atoms with Crippen LogP contribution in [0.5, 0.6) is 11.5 Å². The van der Waals surface area contributed by atoms with Gasteiger partial charge in [-0.1, -0.05) is 43.6 Å². The van der Waals surface area contributed by atoms with Gasteiger partial charge in [0.2, 0.25) is 0 Å². The molecule has 1 aromatic rings. The van der Waals surface area contributed by atoms with Crippen molar-refractivity contribution in [1.82, 2.24) is 5.32 Å². The van der Waals surface area contributed by atoms with Gasteiger partial charge in [-0.25, -0.2) is 0 Å². The minimum Gasteiger partial charge on any atom is -0.507 e. The number of carbonyl (C=O) groups excluding carboxylic acids is 1. The summed E-state index contributed by atoms with van der Waals surface area (Å²) in [6.07, 6.45) is 3.90.